The van der Waals surface area contributed by atoms with E-state index in [9.17, 15) is 53.4 Å². The molecule has 19 nitrogen and oxygen atoms in total. The number of amides is 7. The Morgan fingerprint density at radius 1 is 0.892 bits per heavy atom. The Morgan fingerprint density at radius 2 is 1.52 bits per heavy atom. The molecule has 2 fully saturated rings. The number of esters is 1. The van der Waals surface area contributed by atoms with E-state index in [-0.39, 0.29) is 62.4 Å². The minimum absolute atomic E-state index is 0.0181. The van der Waals surface area contributed by atoms with Crippen molar-refractivity contribution in [1.82, 2.24) is 31.1 Å². The van der Waals surface area contributed by atoms with Gasteiger partial charge in [-0.15, -0.1) is 0 Å². The number of likely N-dealkylation sites (N-methyl/N-ethyl adjacent to an activating group) is 1. The van der Waals surface area contributed by atoms with Crippen molar-refractivity contribution in [2.45, 2.75) is 162 Å². The molecule has 3 rings (SSSR count). The highest BCUT2D eigenvalue weighted by Crippen LogP contribution is 2.27. The van der Waals surface area contributed by atoms with Crippen LogP contribution in [0, 0.1) is 29.6 Å². The molecule has 7 amide bonds. The number of benzene rings is 1. The third-order valence-electron chi connectivity index (χ3n) is 12.2. The molecule has 362 valence electrons. The van der Waals surface area contributed by atoms with Crippen molar-refractivity contribution in [3.8, 4) is 5.75 Å². The fourth-order valence-corrected chi connectivity index (χ4v) is 7.98. The Hall–Kier alpha value is -5.59. The van der Waals surface area contributed by atoms with E-state index in [2.05, 4.69) is 21.3 Å². The number of nitrogens with two attached hydrogens (primary N) is 1. The van der Waals surface area contributed by atoms with Crippen LogP contribution in [0.15, 0.2) is 24.3 Å². The van der Waals surface area contributed by atoms with Crippen LogP contribution in [0.1, 0.15) is 113 Å². The van der Waals surface area contributed by atoms with Crippen molar-refractivity contribution >= 4 is 53.1 Å². The van der Waals surface area contributed by atoms with Crippen LogP contribution in [-0.2, 0) is 54.3 Å². The molecule has 19 heteroatoms. The summed E-state index contributed by atoms with van der Waals surface area (Å²) in [7, 11) is 1.37. The van der Waals surface area contributed by atoms with Crippen LogP contribution in [0.2, 0.25) is 0 Å². The summed E-state index contributed by atoms with van der Waals surface area (Å²) in [4.78, 5) is 127. The molecule has 0 radical (unpaired) electrons. The number of carbonyl (C=O) groups is 9. The van der Waals surface area contributed by atoms with E-state index in [0.29, 0.717) is 12.0 Å². The number of cyclic esters (lactones) is 1. The van der Waals surface area contributed by atoms with Crippen molar-refractivity contribution in [2.24, 2.45) is 35.3 Å². The third kappa shape index (κ3) is 14.7. The normalized spacial score (nSPS) is 26.3. The zero-order valence-corrected chi connectivity index (χ0v) is 39.4. The van der Waals surface area contributed by atoms with Gasteiger partial charge in [0.2, 0.25) is 41.4 Å². The summed E-state index contributed by atoms with van der Waals surface area (Å²) in [6.45, 7) is 15.0. The summed E-state index contributed by atoms with van der Waals surface area (Å²) < 4.78 is 5.91. The monoisotopic (exact) mass is 914 g/mol. The Labute approximate surface area is 381 Å². The lowest BCUT2D eigenvalue weighted by atomic mass is 9.91. The number of Topliss-reactive ketones (excluding diaryl/α,β-unsaturated/α-hetero) is 1. The lowest BCUT2D eigenvalue weighted by molar-refractivity contribution is -0.167. The van der Waals surface area contributed by atoms with Gasteiger partial charge >= 0.3 is 5.97 Å². The number of fused-ring (bicyclic) bond motifs is 2. The minimum Gasteiger partial charge on any atom is -0.508 e. The van der Waals surface area contributed by atoms with Gasteiger partial charge < -0.3 is 51.8 Å². The molecule has 8 N–H and O–H groups in total. The first kappa shape index (κ1) is 53.7. The van der Waals surface area contributed by atoms with Crippen LogP contribution in [0.3, 0.4) is 0 Å². The minimum atomic E-state index is -1.70. The SMILES string of the molecule is CCC(C)[C@@H]1NC(=O)[C@H](Cc2ccc(O)cc2)N(C)C(=O)[C@H](C(C)C)N2C(=O)C(CC[C@@H]2O)NC(=O)[C@H](CC(C)C)NC(=O)[C@@H](NC(=O)[C@H](CCC(N)=O)CC(=O)C(C)C)[C@H](C)OC1=O. The summed E-state index contributed by atoms with van der Waals surface area (Å²) in [5.74, 6) is -9.87. The number of primary amides is 1. The highest BCUT2D eigenvalue weighted by molar-refractivity contribution is 5.98. The number of aromatic hydroxyl groups is 1. The van der Waals surface area contributed by atoms with Crippen molar-refractivity contribution in [2.75, 3.05) is 7.05 Å². The molecule has 10 atom stereocenters. The molecule has 2 saturated heterocycles. The maximum atomic E-state index is 14.7. The van der Waals surface area contributed by atoms with Gasteiger partial charge in [-0.05, 0) is 68.1 Å². The molecule has 2 heterocycles. The van der Waals surface area contributed by atoms with E-state index in [1.165, 1.54) is 26.1 Å². The topological polar surface area (TPSA) is 284 Å². The fraction of sp³-hybridized carbons (Fsp3) is 0.674. The molecule has 0 aliphatic carbocycles. The summed E-state index contributed by atoms with van der Waals surface area (Å²) in [6, 6.07) is -2.35. The van der Waals surface area contributed by atoms with Gasteiger partial charge in [-0.1, -0.05) is 73.9 Å². The van der Waals surface area contributed by atoms with Crippen LogP contribution in [-0.4, -0.2) is 129 Å². The zero-order chi connectivity index (χ0) is 49.0. The number of aliphatic hydroxyl groups excluding tert-OH is 1. The third-order valence-corrected chi connectivity index (χ3v) is 12.2. The number of rotatable bonds is 15. The summed E-state index contributed by atoms with van der Waals surface area (Å²) in [5, 5.41) is 32.1. The number of aliphatic hydroxyl groups is 1. The number of piperidine rings is 1. The number of carbonyl (C=O) groups excluding carboxylic acids is 9. The van der Waals surface area contributed by atoms with Crippen molar-refractivity contribution in [3.05, 3.63) is 29.8 Å². The van der Waals surface area contributed by atoms with Gasteiger partial charge in [0.1, 0.15) is 60.1 Å². The number of hydrogen-bond acceptors (Lipinski definition) is 12. The second-order valence-corrected chi connectivity index (χ2v) is 18.6. The van der Waals surface area contributed by atoms with Gasteiger partial charge in [0.15, 0.2) is 0 Å². The lowest BCUT2D eigenvalue weighted by Crippen LogP contribution is -2.66. The average molecular weight is 914 g/mol. The Bertz CT molecular complexity index is 1890. The first-order valence-electron chi connectivity index (χ1n) is 22.7. The summed E-state index contributed by atoms with van der Waals surface area (Å²) in [5.41, 5.74) is 5.92. The molecule has 2 aliphatic rings. The quantitative estimate of drug-likeness (QED) is 0.122. The zero-order valence-electron chi connectivity index (χ0n) is 39.4. The molecule has 65 heavy (non-hydrogen) atoms. The number of nitrogens with one attached hydrogen (secondary N) is 4. The van der Waals surface area contributed by atoms with E-state index in [0.717, 1.165) is 9.80 Å². The van der Waals surface area contributed by atoms with Crippen LogP contribution >= 0.6 is 0 Å². The van der Waals surface area contributed by atoms with Crippen molar-refractivity contribution in [1.29, 1.82) is 0 Å². The van der Waals surface area contributed by atoms with Crippen LogP contribution in [0.25, 0.3) is 0 Å². The van der Waals surface area contributed by atoms with E-state index < -0.39 is 120 Å². The first-order chi connectivity index (χ1) is 30.4. The number of ether oxygens (including phenoxy) is 1. The molecule has 0 aromatic heterocycles. The molecule has 0 saturated carbocycles. The highest BCUT2D eigenvalue weighted by atomic mass is 16.5. The maximum Gasteiger partial charge on any atom is 0.329 e. The van der Waals surface area contributed by atoms with Gasteiger partial charge in [0, 0.05) is 38.1 Å². The Kier molecular flexibility index (Phi) is 19.9. The molecular weight excluding hydrogens is 843 g/mol. The van der Waals surface area contributed by atoms with Gasteiger partial charge in [-0.2, -0.15) is 0 Å². The summed E-state index contributed by atoms with van der Waals surface area (Å²) >= 11 is 0. The van der Waals surface area contributed by atoms with Gasteiger partial charge in [0.25, 0.3) is 0 Å². The van der Waals surface area contributed by atoms with Crippen LogP contribution < -0.4 is 27.0 Å². The predicted molar refractivity (Wildman–Crippen MR) is 238 cm³/mol. The number of phenols is 1. The Balaban J connectivity index is 2.25. The molecular formula is C46H71N7O12. The van der Waals surface area contributed by atoms with Crippen molar-refractivity contribution in [3.63, 3.8) is 0 Å². The number of nitrogens with zero attached hydrogens (tertiary/aromatic N) is 2. The molecule has 1 aromatic carbocycles. The van der Waals surface area contributed by atoms with E-state index in [1.807, 2.05) is 0 Å². The molecule has 2 aliphatic heterocycles. The number of hydrogen-bond donors (Lipinski definition) is 7. The molecule has 2 unspecified atom stereocenters. The average Bonchev–Trinajstić information content (AvgIpc) is 3.23. The molecule has 0 spiro atoms. The fourth-order valence-electron chi connectivity index (χ4n) is 7.98. The Morgan fingerprint density at radius 3 is 2.08 bits per heavy atom. The van der Waals surface area contributed by atoms with Gasteiger partial charge in [-0.3, -0.25) is 38.4 Å². The highest BCUT2D eigenvalue weighted by Gasteiger charge is 2.47. The van der Waals surface area contributed by atoms with Gasteiger partial charge in [-0.25, -0.2) is 4.79 Å². The second kappa shape index (κ2) is 24.1. The van der Waals surface area contributed by atoms with Crippen LogP contribution in [0.5, 0.6) is 5.75 Å². The number of phenolic OH excluding ortho intramolecular Hbond substituents is 1. The number of ketones is 1. The van der Waals surface area contributed by atoms with E-state index >= 15 is 0 Å². The second-order valence-electron chi connectivity index (χ2n) is 18.6. The predicted octanol–water partition coefficient (Wildman–Crippen LogP) is 1.20. The van der Waals surface area contributed by atoms with Crippen LogP contribution in [0.4, 0.5) is 0 Å². The standard InChI is InChI=1S/C46H71N7O12/c1-11-26(8)37-46(64)65-27(9)38(51-40(58)29(14-18-35(47)56)22-34(55)24(4)5)43(61)49-32(20-23(2)3)41(59)48-31-17-19-36(57)53(44(31)62)39(25(6)7)45(63)52(10)33(42(60)50-37)21-28-12-15-30(54)16-13-28/h12-13,15-16,23-27,29,31-33,36-39,54,57H,11,14,17-22H2,1-10H3,(H2,47,56)(H,48,59)(H,49,61)(H,50,60)(H,51,58)/t26?,27-,29+,31?,32-,33-,36-,37-,38-,39-/m0/s1. The van der Waals surface area contributed by atoms with E-state index in [1.54, 1.807) is 67.5 Å². The van der Waals surface area contributed by atoms with E-state index in [4.69, 9.17) is 10.5 Å². The first-order valence-corrected chi connectivity index (χ1v) is 22.7. The molecule has 1 aromatic rings. The smallest absolute Gasteiger partial charge is 0.329 e. The van der Waals surface area contributed by atoms with Gasteiger partial charge in [0.05, 0.1) is 0 Å². The largest absolute Gasteiger partial charge is 0.508 e. The summed E-state index contributed by atoms with van der Waals surface area (Å²) in [6.07, 6.45) is -3.37. The molecule has 2 bridgehead atoms. The maximum absolute atomic E-state index is 14.7. The lowest BCUT2D eigenvalue weighted by Gasteiger charge is -2.44. The van der Waals surface area contributed by atoms with Crippen molar-refractivity contribution < 1.29 is 58.1 Å².